The van der Waals surface area contributed by atoms with Crippen LogP contribution in [0.25, 0.3) is 22.8 Å². The second-order valence-electron chi connectivity index (χ2n) is 19.7. The fraction of sp³-hybridized carbons (Fsp3) is 0.440. The number of piperazine rings is 2. The van der Waals surface area contributed by atoms with Crippen molar-refractivity contribution in [2.24, 2.45) is 14.1 Å². The van der Waals surface area contributed by atoms with Crippen LogP contribution in [0.15, 0.2) is 60.9 Å². The number of aromatic nitrogens is 8. The van der Waals surface area contributed by atoms with Gasteiger partial charge >= 0.3 is 0 Å². The Kier molecular flexibility index (Phi) is 12.4. The molecule has 0 unspecified atom stereocenters. The van der Waals surface area contributed by atoms with Gasteiger partial charge in [-0.1, -0.05) is 27.7 Å². The minimum Gasteiger partial charge on any atom is -0.369 e. The van der Waals surface area contributed by atoms with E-state index < -0.39 is 0 Å². The van der Waals surface area contributed by atoms with E-state index >= 15 is 0 Å². The van der Waals surface area contributed by atoms with Crippen LogP contribution in [0.3, 0.4) is 0 Å². The van der Waals surface area contributed by atoms with Crippen LogP contribution in [0.4, 0.5) is 34.6 Å². The van der Waals surface area contributed by atoms with E-state index in [1.807, 2.05) is 26.5 Å². The van der Waals surface area contributed by atoms with Crippen molar-refractivity contribution in [3.05, 3.63) is 94.6 Å². The number of hydrogen-bond acceptors (Lipinski definition) is 14. The van der Waals surface area contributed by atoms with Crippen LogP contribution < -0.4 is 31.1 Å². The fourth-order valence-corrected chi connectivity index (χ4v) is 10.1. The van der Waals surface area contributed by atoms with E-state index in [0.717, 1.165) is 122 Å². The molecule has 6 aromatic rings. The van der Waals surface area contributed by atoms with Crippen LogP contribution in [0.5, 0.6) is 0 Å². The molecule has 4 aromatic heterocycles. The number of aryl methyl sites for hydroxylation is 2. The van der Waals surface area contributed by atoms with E-state index in [-0.39, 0.29) is 22.6 Å². The van der Waals surface area contributed by atoms with Crippen molar-refractivity contribution < 1.29 is 9.59 Å². The molecule has 356 valence electrons. The molecule has 68 heavy (non-hydrogen) atoms. The van der Waals surface area contributed by atoms with E-state index in [2.05, 4.69) is 151 Å². The average Bonchev–Trinajstić information content (AvgIpc) is 3.88. The molecule has 0 atom stereocenters. The second kappa shape index (κ2) is 18.3. The number of benzene rings is 2. The quantitative estimate of drug-likeness (QED) is 0.158. The number of carbonyl (C=O) groups excluding carboxylic acids is 2. The molecule has 2 amide bonds. The van der Waals surface area contributed by atoms with Crippen molar-refractivity contribution in [3.63, 3.8) is 0 Å². The molecular formula is C50H64N16O2. The van der Waals surface area contributed by atoms with E-state index in [1.54, 1.807) is 23.5 Å². The van der Waals surface area contributed by atoms with Gasteiger partial charge in [-0.3, -0.25) is 19.0 Å². The molecule has 2 aromatic carbocycles. The predicted molar refractivity (Wildman–Crippen MR) is 268 cm³/mol. The molecule has 2 saturated heterocycles. The number of rotatable bonds is 8. The molecule has 4 N–H and O–H groups in total. The van der Waals surface area contributed by atoms with Crippen LogP contribution in [-0.4, -0.2) is 142 Å². The van der Waals surface area contributed by atoms with Crippen molar-refractivity contribution in [3.8, 4) is 22.8 Å². The first-order valence-corrected chi connectivity index (χ1v) is 23.5. The van der Waals surface area contributed by atoms with Crippen molar-refractivity contribution >= 4 is 46.5 Å². The molecule has 0 bridgehead atoms. The Morgan fingerprint density at radius 2 is 0.882 bits per heavy atom. The summed E-state index contributed by atoms with van der Waals surface area (Å²) in [5.41, 5.74) is 12.1. The molecule has 18 heteroatoms. The van der Waals surface area contributed by atoms with Crippen molar-refractivity contribution in [1.82, 2.24) is 59.9 Å². The van der Waals surface area contributed by atoms with Gasteiger partial charge in [-0.05, 0) is 97.4 Å². The van der Waals surface area contributed by atoms with Gasteiger partial charge in [0.1, 0.15) is 0 Å². The minimum atomic E-state index is -0.254. The molecular weight excluding hydrogens is 857 g/mol. The highest BCUT2D eigenvalue weighted by molar-refractivity contribution is 5.97. The van der Waals surface area contributed by atoms with Gasteiger partial charge in [0.2, 0.25) is 11.9 Å². The third-order valence-corrected chi connectivity index (χ3v) is 13.8. The standard InChI is InChI=1S/2C25H32N8O/c2*1-25(2)14-16-15-27-24(29-20(16)22-19(25)21(23(34)26-3)30-32(22)5)28-17-6-8-18(9-7-17)33-12-10-31(4)11-13-33/h2*6-9,15H,10-14H2,1-5H3,(H,26,34)(H,27,28,29). The van der Waals surface area contributed by atoms with Crippen LogP contribution in [0.1, 0.15) is 70.9 Å². The van der Waals surface area contributed by atoms with Gasteiger partial charge in [-0.25, -0.2) is 19.9 Å². The first-order valence-electron chi connectivity index (χ1n) is 23.5. The van der Waals surface area contributed by atoms with Gasteiger partial charge in [-0.15, -0.1) is 0 Å². The number of likely N-dealkylation sites (N-methyl/N-ethyl adjacent to an activating group) is 2. The largest absolute Gasteiger partial charge is 0.369 e. The molecule has 2 aliphatic heterocycles. The lowest BCUT2D eigenvalue weighted by molar-refractivity contribution is 0.0947. The Bertz CT molecular complexity index is 2640. The highest BCUT2D eigenvalue weighted by Crippen LogP contribution is 2.45. The van der Waals surface area contributed by atoms with Crippen LogP contribution in [0.2, 0.25) is 0 Å². The van der Waals surface area contributed by atoms with Gasteiger partial charge in [0, 0.05) is 127 Å². The zero-order valence-corrected chi connectivity index (χ0v) is 41.0. The van der Waals surface area contributed by atoms with Crippen LogP contribution >= 0.6 is 0 Å². The fourth-order valence-electron chi connectivity index (χ4n) is 10.1. The summed E-state index contributed by atoms with van der Waals surface area (Å²) in [6.07, 6.45) is 5.26. The van der Waals surface area contributed by atoms with Crippen LogP contribution in [0, 0.1) is 0 Å². The Morgan fingerprint density at radius 1 is 0.529 bits per heavy atom. The first kappa shape index (κ1) is 46.2. The second-order valence-corrected chi connectivity index (χ2v) is 19.7. The lowest BCUT2D eigenvalue weighted by atomic mass is 9.73. The van der Waals surface area contributed by atoms with E-state index in [1.165, 1.54) is 11.4 Å². The number of carbonyl (C=O) groups is 2. The van der Waals surface area contributed by atoms with Gasteiger partial charge in [-0.2, -0.15) is 10.2 Å². The van der Waals surface area contributed by atoms with Gasteiger partial charge in [0.05, 0.1) is 22.8 Å². The summed E-state index contributed by atoms with van der Waals surface area (Å²) in [6.45, 7) is 17.0. The first-order chi connectivity index (χ1) is 32.5. The summed E-state index contributed by atoms with van der Waals surface area (Å²) < 4.78 is 3.53. The smallest absolute Gasteiger partial charge is 0.271 e. The summed E-state index contributed by atoms with van der Waals surface area (Å²) in [5, 5.41) is 21.2. The van der Waals surface area contributed by atoms with Crippen molar-refractivity contribution in [2.45, 2.75) is 51.4 Å². The summed E-state index contributed by atoms with van der Waals surface area (Å²) in [4.78, 5) is 53.5. The van der Waals surface area contributed by atoms with E-state index in [9.17, 15) is 9.59 Å². The molecule has 0 radical (unpaired) electrons. The lowest BCUT2D eigenvalue weighted by Gasteiger charge is -2.34. The Labute approximate surface area is 398 Å². The topological polar surface area (TPSA) is 182 Å². The van der Waals surface area contributed by atoms with Crippen molar-refractivity contribution in [1.29, 1.82) is 0 Å². The number of anilines is 6. The summed E-state index contributed by atoms with van der Waals surface area (Å²) >= 11 is 0. The number of nitrogens with one attached hydrogen (secondary N) is 4. The maximum absolute atomic E-state index is 12.5. The average molecular weight is 921 g/mol. The third kappa shape index (κ3) is 8.97. The minimum absolute atomic E-state index is 0.179. The number of nitrogens with zero attached hydrogens (tertiary/aromatic N) is 12. The summed E-state index contributed by atoms with van der Waals surface area (Å²) in [5.74, 6) is 0.696. The zero-order chi connectivity index (χ0) is 48.1. The summed E-state index contributed by atoms with van der Waals surface area (Å²) in [6, 6.07) is 16.8. The molecule has 0 spiro atoms. The molecule has 4 aliphatic rings. The van der Waals surface area contributed by atoms with Gasteiger partial charge in [0.25, 0.3) is 11.8 Å². The molecule has 18 nitrogen and oxygen atoms in total. The SMILES string of the molecule is CNC(=O)c1nn(C)c2c1C(C)(C)Cc1cnc(Nc3ccc(N4CCN(C)CC4)cc3)nc1-2.CNC(=O)c1nn(C)c2c1C(C)(C)Cc1cnc(Nc3ccc(N4CCN(C)CC4)cc3)nc1-2. The zero-order valence-electron chi connectivity index (χ0n) is 41.0. The predicted octanol–water partition coefficient (Wildman–Crippen LogP) is 5.13. The molecule has 10 rings (SSSR count). The summed E-state index contributed by atoms with van der Waals surface area (Å²) in [7, 11) is 11.3. The Balaban J connectivity index is 0.000000170. The van der Waals surface area contributed by atoms with E-state index in [0.29, 0.717) is 23.3 Å². The molecule has 0 saturated carbocycles. The highest BCUT2D eigenvalue weighted by Gasteiger charge is 2.41. The monoisotopic (exact) mass is 921 g/mol. The highest BCUT2D eigenvalue weighted by atomic mass is 16.2. The Hall–Kier alpha value is -6.92. The van der Waals surface area contributed by atoms with Crippen molar-refractivity contribution in [2.75, 3.05) is 101 Å². The lowest BCUT2D eigenvalue weighted by Crippen LogP contribution is -2.44. The number of amides is 2. The molecule has 2 fully saturated rings. The third-order valence-electron chi connectivity index (χ3n) is 13.8. The number of fused-ring (bicyclic) bond motifs is 6. The molecule has 6 heterocycles. The van der Waals surface area contributed by atoms with Gasteiger partial charge < -0.3 is 40.9 Å². The Morgan fingerprint density at radius 3 is 1.22 bits per heavy atom. The maximum atomic E-state index is 12.5. The molecule has 2 aliphatic carbocycles. The normalized spacial score (nSPS) is 17.1. The van der Waals surface area contributed by atoms with E-state index in [4.69, 9.17) is 9.97 Å². The number of hydrogen-bond donors (Lipinski definition) is 4. The maximum Gasteiger partial charge on any atom is 0.271 e. The van der Waals surface area contributed by atoms with Crippen LogP contribution in [-0.2, 0) is 37.8 Å². The van der Waals surface area contributed by atoms with Gasteiger partial charge in [0.15, 0.2) is 11.4 Å².